The molecule has 3 N–H and O–H groups in total. The minimum Gasteiger partial charge on any atom is -0.398 e. The minimum absolute atomic E-state index is 0.378. The monoisotopic (exact) mass is 187 g/mol. The Morgan fingerprint density at radius 3 is 2.93 bits per heavy atom. The molecule has 1 aliphatic rings. The highest BCUT2D eigenvalue weighted by atomic mass is 14.9. The van der Waals surface area contributed by atoms with E-state index in [4.69, 9.17) is 11.0 Å². The van der Waals surface area contributed by atoms with Crippen LogP contribution in [-0.2, 0) is 0 Å². The van der Waals surface area contributed by atoms with Crippen LogP contribution in [0.3, 0.4) is 0 Å². The van der Waals surface area contributed by atoms with E-state index in [0.29, 0.717) is 11.6 Å². The van der Waals surface area contributed by atoms with Crippen LogP contribution < -0.4 is 11.1 Å². The topological polar surface area (TPSA) is 61.8 Å². The maximum absolute atomic E-state index is 8.70. The average molecular weight is 187 g/mol. The van der Waals surface area contributed by atoms with E-state index in [9.17, 15) is 0 Å². The van der Waals surface area contributed by atoms with Crippen molar-refractivity contribution in [2.24, 2.45) is 0 Å². The lowest BCUT2D eigenvalue weighted by atomic mass is 10.0. The zero-order valence-electron chi connectivity index (χ0n) is 7.96. The Kier molecular flexibility index (Phi) is 2.38. The first-order chi connectivity index (χ1) is 6.81. The van der Waals surface area contributed by atoms with Gasteiger partial charge in [0, 0.05) is 11.7 Å². The van der Waals surface area contributed by atoms with Gasteiger partial charge in [0.15, 0.2) is 0 Å². The van der Waals surface area contributed by atoms with Gasteiger partial charge in [0.1, 0.15) is 0 Å². The van der Waals surface area contributed by atoms with E-state index >= 15 is 0 Å². The molecule has 1 unspecified atom stereocenters. The normalized spacial score (nSPS) is 20.6. The van der Waals surface area contributed by atoms with Crippen LogP contribution in [0.1, 0.15) is 30.0 Å². The molecule has 0 spiro atoms. The lowest BCUT2D eigenvalue weighted by Crippen LogP contribution is -2.14. The van der Waals surface area contributed by atoms with Crippen molar-refractivity contribution in [3.63, 3.8) is 0 Å². The molecule has 3 nitrogen and oxygen atoms in total. The van der Waals surface area contributed by atoms with Crippen molar-refractivity contribution >= 4 is 5.69 Å². The molecule has 1 heterocycles. The Hall–Kier alpha value is -1.53. The van der Waals surface area contributed by atoms with Gasteiger partial charge in [-0.1, -0.05) is 6.07 Å². The summed E-state index contributed by atoms with van der Waals surface area (Å²) in [6.45, 7) is 1.06. The fourth-order valence-electron chi connectivity index (χ4n) is 1.91. The lowest BCUT2D eigenvalue weighted by Gasteiger charge is -2.13. The highest BCUT2D eigenvalue weighted by molar-refractivity contribution is 5.53. The van der Waals surface area contributed by atoms with Crippen LogP contribution in [0.4, 0.5) is 5.69 Å². The van der Waals surface area contributed by atoms with Crippen molar-refractivity contribution in [2.75, 3.05) is 12.3 Å². The molecule has 0 aromatic heterocycles. The zero-order valence-corrected chi connectivity index (χ0v) is 7.96. The molecular formula is C11H13N3. The zero-order chi connectivity index (χ0) is 9.97. The maximum Gasteiger partial charge on any atom is 0.0992 e. The number of hydrogen-bond acceptors (Lipinski definition) is 3. The third-order valence-corrected chi connectivity index (χ3v) is 2.65. The number of nitriles is 1. The number of anilines is 1. The van der Waals surface area contributed by atoms with Crippen LogP contribution in [0.15, 0.2) is 18.2 Å². The van der Waals surface area contributed by atoms with Gasteiger partial charge in [0.2, 0.25) is 0 Å². The van der Waals surface area contributed by atoms with Gasteiger partial charge in [-0.15, -0.1) is 0 Å². The van der Waals surface area contributed by atoms with Crippen LogP contribution >= 0.6 is 0 Å². The molecule has 0 amide bonds. The fourth-order valence-corrected chi connectivity index (χ4v) is 1.91. The van der Waals surface area contributed by atoms with Crippen molar-refractivity contribution < 1.29 is 0 Å². The summed E-state index contributed by atoms with van der Waals surface area (Å²) in [4.78, 5) is 0. The van der Waals surface area contributed by atoms with Gasteiger partial charge in [0.05, 0.1) is 11.6 Å². The highest BCUT2D eigenvalue weighted by Crippen LogP contribution is 2.27. The summed E-state index contributed by atoms with van der Waals surface area (Å²) in [5.74, 6) is 0. The first kappa shape index (κ1) is 9.04. The number of nitrogens with one attached hydrogen (secondary N) is 1. The summed E-state index contributed by atoms with van der Waals surface area (Å²) < 4.78 is 0. The van der Waals surface area contributed by atoms with Crippen molar-refractivity contribution in [3.05, 3.63) is 29.3 Å². The molecular weight excluding hydrogens is 174 g/mol. The van der Waals surface area contributed by atoms with Crippen molar-refractivity contribution in [3.8, 4) is 6.07 Å². The van der Waals surface area contributed by atoms with Gasteiger partial charge in [-0.3, -0.25) is 0 Å². The quantitative estimate of drug-likeness (QED) is 0.656. The molecule has 1 aliphatic heterocycles. The molecule has 1 fully saturated rings. The molecule has 1 aromatic carbocycles. The van der Waals surface area contributed by atoms with Gasteiger partial charge in [-0.2, -0.15) is 5.26 Å². The van der Waals surface area contributed by atoms with Gasteiger partial charge < -0.3 is 11.1 Å². The molecule has 1 saturated heterocycles. The van der Waals surface area contributed by atoms with Crippen LogP contribution in [0, 0.1) is 11.3 Å². The Bertz CT molecular complexity index is 373. The summed E-state index contributed by atoms with van der Waals surface area (Å²) in [7, 11) is 0. The molecule has 14 heavy (non-hydrogen) atoms. The fraction of sp³-hybridized carbons (Fsp3) is 0.364. The van der Waals surface area contributed by atoms with E-state index in [1.807, 2.05) is 12.1 Å². The van der Waals surface area contributed by atoms with Crippen molar-refractivity contribution in [1.82, 2.24) is 5.32 Å². The molecule has 0 bridgehead atoms. The summed E-state index contributed by atoms with van der Waals surface area (Å²) in [6.07, 6.45) is 2.33. The van der Waals surface area contributed by atoms with E-state index in [1.165, 1.54) is 6.42 Å². The largest absolute Gasteiger partial charge is 0.398 e. The van der Waals surface area contributed by atoms with Gasteiger partial charge >= 0.3 is 0 Å². The standard InChI is InChI=1S/C11H13N3/c12-7-8-3-4-9(10(13)6-8)11-2-1-5-14-11/h3-4,6,11,14H,1-2,5,13H2. The first-order valence-corrected chi connectivity index (χ1v) is 4.84. The molecule has 0 aliphatic carbocycles. The van der Waals surface area contributed by atoms with Crippen molar-refractivity contribution in [1.29, 1.82) is 5.26 Å². The molecule has 0 saturated carbocycles. The minimum atomic E-state index is 0.378. The van der Waals surface area contributed by atoms with E-state index in [2.05, 4.69) is 11.4 Å². The van der Waals surface area contributed by atoms with Gasteiger partial charge in [-0.25, -0.2) is 0 Å². The van der Waals surface area contributed by atoms with E-state index in [-0.39, 0.29) is 0 Å². The van der Waals surface area contributed by atoms with Crippen LogP contribution in [0.5, 0.6) is 0 Å². The number of nitrogens with zero attached hydrogens (tertiary/aromatic N) is 1. The van der Waals surface area contributed by atoms with E-state index in [1.54, 1.807) is 6.07 Å². The van der Waals surface area contributed by atoms with Crippen LogP contribution in [0.25, 0.3) is 0 Å². The van der Waals surface area contributed by atoms with E-state index in [0.717, 1.165) is 24.2 Å². The summed E-state index contributed by atoms with van der Waals surface area (Å²) in [5.41, 5.74) is 8.37. The number of nitrogens with two attached hydrogens (primary N) is 1. The Morgan fingerprint density at radius 1 is 1.50 bits per heavy atom. The Balaban J connectivity index is 2.30. The molecule has 1 aromatic rings. The molecule has 2 rings (SSSR count). The van der Waals surface area contributed by atoms with Gasteiger partial charge in [0.25, 0.3) is 0 Å². The SMILES string of the molecule is N#Cc1ccc(C2CCCN2)c(N)c1. The highest BCUT2D eigenvalue weighted by Gasteiger charge is 2.18. The number of nitrogen functional groups attached to an aromatic ring is 1. The number of rotatable bonds is 1. The molecule has 0 radical (unpaired) electrons. The predicted octanol–water partition coefficient (Wildman–Crippen LogP) is 1.56. The lowest BCUT2D eigenvalue weighted by molar-refractivity contribution is 0.650. The maximum atomic E-state index is 8.70. The second-order valence-electron chi connectivity index (χ2n) is 3.60. The second-order valence-corrected chi connectivity index (χ2v) is 3.60. The smallest absolute Gasteiger partial charge is 0.0992 e. The van der Waals surface area contributed by atoms with Gasteiger partial charge in [-0.05, 0) is 37.1 Å². The third kappa shape index (κ3) is 1.57. The number of hydrogen-bond donors (Lipinski definition) is 2. The van der Waals surface area contributed by atoms with Crippen LogP contribution in [-0.4, -0.2) is 6.54 Å². The molecule has 72 valence electrons. The number of benzene rings is 1. The Labute approximate surface area is 83.5 Å². The summed E-state index contributed by atoms with van der Waals surface area (Å²) in [5, 5.41) is 12.1. The van der Waals surface area contributed by atoms with E-state index < -0.39 is 0 Å². The Morgan fingerprint density at radius 2 is 2.36 bits per heavy atom. The summed E-state index contributed by atoms with van der Waals surface area (Å²) in [6, 6.07) is 7.99. The first-order valence-electron chi connectivity index (χ1n) is 4.84. The van der Waals surface area contributed by atoms with Crippen LogP contribution in [0.2, 0.25) is 0 Å². The predicted molar refractivity (Wildman–Crippen MR) is 55.5 cm³/mol. The molecule has 3 heteroatoms. The molecule has 1 atom stereocenters. The third-order valence-electron chi connectivity index (χ3n) is 2.65. The van der Waals surface area contributed by atoms with Crippen molar-refractivity contribution in [2.45, 2.75) is 18.9 Å². The average Bonchev–Trinajstić information content (AvgIpc) is 2.70. The second kappa shape index (κ2) is 3.69. The summed E-state index contributed by atoms with van der Waals surface area (Å²) >= 11 is 0.